The molecule has 0 spiro atoms. The van der Waals surface area contributed by atoms with Crippen LogP contribution in [0.4, 0.5) is 0 Å². The summed E-state index contributed by atoms with van der Waals surface area (Å²) in [4.78, 5) is 8.56. The van der Waals surface area contributed by atoms with Crippen LogP contribution < -0.4 is 0 Å². The second-order valence-electron chi connectivity index (χ2n) is 8.34. The van der Waals surface area contributed by atoms with Gasteiger partial charge in [0, 0.05) is 28.0 Å². The lowest BCUT2D eigenvalue weighted by atomic mass is 9.69. The molecule has 154 valence electrons. The van der Waals surface area contributed by atoms with Crippen LogP contribution in [0.5, 0.6) is 0 Å². The van der Waals surface area contributed by atoms with E-state index >= 15 is 0 Å². The molecule has 1 heterocycles. The van der Waals surface area contributed by atoms with Gasteiger partial charge in [0.1, 0.15) is 0 Å². The van der Waals surface area contributed by atoms with Crippen LogP contribution >= 0.6 is 0 Å². The summed E-state index contributed by atoms with van der Waals surface area (Å²) >= 11 is 0. The number of hydrogen-bond acceptors (Lipinski definition) is 1. The Balaban J connectivity index is 1.82. The lowest BCUT2D eigenvalue weighted by Gasteiger charge is -2.33. The van der Waals surface area contributed by atoms with Crippen molar-refractivity contribution in [2.75, 3.05) is 0 Å². The molecule has 0 aliphatic heterocycles. The molecule has 0 radical (unpaired) electrons. The maximum Gasteiger partial charge on any atom is 0.0882 e. The molecule has 1 aliphatic rings. The van der Waals surface area contributed by atoms with E-state index in [0.717, 1.165) is 5.70 Å². The number of aromatic amines is 1. The van der Waals surface area contributed by atoms with Gasteiger partial charge in [0.15, 0.2) is 0 Å². The highest BCUT2D eigenvalue weighted by Gasteiger charge is 2.47. The number of allylic oxidation sites excluding steroid dienone is 2. The molecule has 0 fully saturated rings. The van der Waals surface area contributed by atoms with E-state index in [9.17, 15) is 0 Å². The molecule has 2 nitrogen and oxygen atoms in total. The topological polar surface area (TPSA) is 28.1 Å². The third-order valence-corrected chi connectivity index (χ3v) is 6.80. The number of nitrogens with zero attached hydrogens (tertiary/aromatic N) is 1. The maximum absolute atomic E-state index is 4.93. The fourth-order valence-electron chi connectivity index (χ4n) is 5.57. The third kappa shape index (κ3) is 2.38. The van der Waals surface area contributed by atoms with Gasteiger partial charge in [-0.25, -0.2) is 0 Å². The number of H-pyrrole nitrogens is 1. The third-order valence-electron chi connectivity index (χ3n) is 6.80. The van der Waals surface area contributed by atoms with Crippen LogP contribution in [0.25, 0.3) is 32.9 Å². The molecule has 4 aromatic carbocycles. The lowest BCUT2D eigenvalue weighted by molar-refractivity contribution is 0.736. The summed E-state index contributed by atoms with van der Waals surface area (Å²) in [5.74, 6) is 0. The SMILES string of the molecule is C/C=N\C(=C/C)C1(c2ccccc2)c2ccccc2-c2cc3[nH]c4ccccc4c3cc21. The molecule has 1 aliphatic carbocycles. The molecule has 5 aromatic rings. The quantitative estimate of drug-likeness (QED) is 0.295. The average molecular weight is 413 g/mol. The zero-order valence-electron chi connectivity index (χ0n) is 18.3. The van der Waals surface area contributed by atoms with E-state index in [4.69, 9.17) is 4.99 Å². The molecule has 1 unspecified atom stereocenters. The highest BCUT2D eigenvalue weighted by molar-refractivity contribution is 6.10. The van der Waals surface area contributed by atoms with Crippen LogP contribution in [0.1, 0.15) is 30.5 Å². The van der Waals surface area contributed by atoms with Gasteiger partial charge in [-0.3, -0.25) is 4.99 Å². The molecule has 0 bridgehead atoms. The van der Waals surface area contributed by atoms with Crippen molar-refractivity contribution >= 4 is 28.0 Å². The second-order valence-corrected chi connectivity index (χ2v) is 8.34. The fourth-order valence-corrected chi connectivity index (χ4v) is 5.57. The number of aromatic nitrogens is 1. The van der Waals surface area contributed by atoms with Gasteiger partial charge in [-0.15, -0.1) is 0 Å². The van der Waals surface area contributed by atoms with Crippen molar-refractivity contribution in [3.05, 3.63) is 119 Å². The summed E-state index contributed by atoms with van der Waals surface area (Å²) in [6, 6.07) is 32.9. The molecular weight excluding hydrogens is 388 g/mol. The largest absolute Gasteiger partial charge is 0.354 e. The van der Waals surface area contributed by atoms with Gasteiger partial charge >= 0.3 is 0 Å². The van der Waals surface area contributed by atoms with Gasteiger partial charge < -0.3 is 4.98 Å². The summed E-state index contributed by atoms with van der Waals surface area (Å²) in [5.41, 5.74) is 9.30. The summed E-state index contributed by atoms with van der Waals surface area (Å²) in [5, 5.41) is 2.51. The first-order valence-electron chi connectivity index (χ1n) is 11.1. The molecule has 0 amide bonds. The van der Waals surface area contributed by atoms with Gasteiger partial charge in [-0.2, -0.15) is 0 Å². The van der Waals surface area contributed by atoms with E-state index in [-0.39, 0.29) is 0 Å². The highest BCUT2D eigenvalue weighted by Crippen LogP contribution is 2.57. The summed E-state index contributed by atoms with van der Waals surface area (Å²) < 4.78 is 0. The summed E-state index contributed by atoms with van der Waals surface area (Å²) in [6.07, 6.45) is 4.07. The number of hydrogen-bond donors (Lipinski definition) is 1. The van der Waals surface area contributed by atoms with Crippen LogP contribution in [0.15, 0.2) is 108 Å². The molecule has 2 heteroatoms. The van der Waals surface area contributed by atoms with Crippen molar-refractivity contribution < 1.29 is 0 Å². The van der Waals surface area contributed by atoms with Gasteiger partial charge in [0.2, 0.25) is 0 Å². The van der Waals surface area contributed by atoms with Crippen LogP contribution in [0.3, 0.4) is 0 Å². The predicted octanol–water partition coefficient (Wildman–Crippen LogP) is 7.63. The van der Waals surface area contributed by atoms with Gasteiger partial charge in [-0.1, -0.05) is 78.9 Å². The van der Waals surface area contributed by atoms with Gasteiger partial charge in [0.25, 0.3) is 0 Å². The Hall–Kier alpha value is -3.91. The minimum absolute atomic E-state index is 0.457. The highest BCUT2D eigenvalue weighted by atomic mass is 14.8. The van der Waals surface area contributed by atoms with Crippen LogP contribution in [0, 0.1) is 0 Å². The monoisotopic (exact) mass is 412 g/mol. The van der Waals surface area contributed by atoms with E-state index in [2.05, 4.69) is 109 Å². The van der Waals surface area contributed by atoms with Crippen LogP contribution in [0.2, 0.25) is 0 Å². The number of fused-ring (bicyclic) bond motifs is 6. The number of benzene rings is 4. The number of rotatable bonds is 3. The van der Waals surface area contributed by atoms with Crippen molar-refractivity contribution in [2.24, 2.45) is 4.99 Å². The summed E-state index contributed by atoms with van der Waals surface area (Å²) in [7, 11) is 0. The fraction of sp³-hybridized carbons (Fsp3) is 0.100. The zero-order chi connectivity index (χ0) is 21.7. The first-order chi connectivity index (χ1) is 15.8. The first-order valence-corrected chi connectivity index (χ1v) is 11.1. The zero-order valence-corrected chi connectivity index (χ0v) is 18.3. The molecular formula is C30H24N2. The molecule has 32 heavy (non-hydrogen) atoms. The van der Waals surface area contributed by atoms with Crippen molar-refractivity contribution in [1.29, 1.82) is 0 Å². The Kier molecular flexibility index (Phi) is 4.16. The Labute approximate surface area is 188 Å². The van der Waals surface area contributed by atoms with Gasteiger partial charge in [-0.05, 0) is 59.9 Å². The van der Waals surface area contributed by atoms with E-state index in [1.807, 2.05) is 13.1 Å². The van der Waals surface area contributed by atoms with Crippen molar-refractivity contribution in [1.82, 2.24) is 4.98 Å². The Morgan fingerprint density at radius 2 is 1.47 bits per heavy atom. The van der Waals surface area contributed by atoms with E-state index in [1.165, 1.54) is 49.6 Å². The smallest absolute Gasteiger partial charge is 0.0882 e. The summed E-state index contributed by atoms with van der Waals surface area (Å²) in [6.45, 7) is 4.09. The van der Waals surface area contributed by atoms with Crippen molar-refractivity contribution in [2.45, 2.75) is 19.3 Å². The number of para-hydroxylation sites is 1. The molecule has 1 atom stereocenters. The van der Waals surface area contributed by atoms with Crippen molar-refractivity contribution in [3.8, 4) is 11.1 Å². The van der Waals surface area contributed by atoms with Crippen LogP contribution in [-0.4, -0.2) is 11.2 Å². The Bertz CT molecular complexity index is 1540. The second kappa shape index (κ2) is 7.06. The molecule has 1 aromatic heterocycles. The van der Waals surface area contributed by atoms with E-state index in [0.29, 0.717) is 0 Å². The van der Waals surface area contributed by atoms with E-state index < -0.39 is 5.41 Å². The molecule has 0 saturated carbocycles. The minimum Gasteiger partial charge on any atom is -0.354 e. The van der Waals surface area contributed by atoms with Gasteiger partial charge in [0.05, 0.1) is 11.1 Å². The predicted molar refractivity (Wildman–Crippen MR) is 135 cm³/mol. The number of nitrogens with one attached hydrogen (secondary N) is 1. The molecule has 1 N–H and O–H groups in total. The Morgan fingerprint density at radius 1 is 0.719 bits per heavy atom. The first kappa shape index (κ1) is 18.8. The molecule has 6 rings (SSSR count). The minimum atomic E-state index is -0.457. The lowest BCUT2D eigenvalue weighted by Crippen LogP contribution is -2.29. The maximum atomic E-state index is 4.93. The standard InChI is InChI=1S/C30H24N2/c1-3-29(31-4-2)30(20-12-6-5-7-13-20)25-16-10-8-14-21(25)23-19-28-24(18-26(23)30)22-15-9-11-17-27(22)32-28/h3-19,32H,1-2H3/b29-3-,31-4-. The average Bonchev–Trinajstić information content (AvgIpc) is 3.35. The van der Waals surface area contributed by atoms with Crippen molar-refractivity contribution in [3.63, 3.8) is 0 Å². The molecule has 0 saturated heterocycles. The number of aliphatic imine (C=N–C) groups is 1. The normalized spacial score (nSPS) is 17.9. The van der Waals surface area contributed by atoms with Crippen LogP contribution in [-0.2, 0) is 5.41 Å². The Morgan fingerprint density at radius 3 is 2.28 bits per heavy atom. The van der Waals surface area contributed by atoms with E-state index in [1.54, 1.807) is 0 Å².